The van der Waals surface area contributed by atoms with Crippen LogP contribution < -0.4 is 45.1 Å². The predicted molar refractivity (Wildman–Crippen MR) is 235 cm³/mol. The number of anilines is 6. The van der Waals surface area contributed by atoms with E-state index in [1.54, 1.807) is 0 Å². The molecular formula is C50H45BN2O5. The molecule has 1 aromatic heterocycles. The molecule has 0 radical (unpaired) electrons. The van der Waals surface area contributed by atoms with E-state index in [0.29, 0.717) is 26.4 Å². The summed E-state index contributed by atoms with van der Waals surface area (Å²) in [5.41, 5.74) is 14.4. The van der Waals surface area contributed by atoms with Gasteiger partial charge in [-0.3, -0.25) is 0 Å². The van der Waals surface area contributed by atoms with E-state index in [-0.39, 0.29) is 17.5 Å². The number of benzene rings is 6. The Morgan fingerprint density at radius 3 is 1.76 bits per heavy atom. The second-order valence-corrected chi connectivity index (χ2v) is 17.9. The van der Waals surface area contributed by atoms with Crippen molar-refractivity contribution in [2.24, 2.45) is 0 Å². The summed E-state index contributed by atoms with van der Waals surface area (Å²) in [5, 5.41) is 1.06. The second-order valence-electron chi connectivity index (χ2n) is 17.9. The molecular weight excluding hydrogens is 719 g/mol. The average Bonchev–Trinajstić information content (AvgIpc) is 3.67. The Kier molecular flexibility index (Phi) is 7.60. The Balaban J connectivity index is 1.25. The van der Waals surface area contributed by atoms with Crippen molar-refractivity contribution in [2.45, 2.75) is 52.4 Å². The second kappa shape index (κ2) is 12.6. The first-order chi connectivity index (χ1) is 28.0. The van der Waals surface area contributed by atoms with Crippen molar-refractivity contribution in [2.75, 3.05) is 36.2 Å². The smallest absolute Gasteiger partial charge is 0.252 e. The molecule has 0 amide bonds. The van der Waals surface area contributed by atoms with Gasteiger partial charge in [0.2, 0.25) is 0 Å². The van der Waals surface area contributed by atoms with Gasteiger partial charge in [-0.25, -0.2) is 0 Å². The molecule has 8 heteroatoms. The Labute approximate surface area is 339 Å². The molecule has 0 atom stereocenters. The highest BCUT2D eigenvalue weighted by Gasteiger charge is 2.45. The number of ether oxygens (including phenoxy) is 4. The summed E-state index contributed by atoms with van der Waals surface area (Å²) in [4.78, 5) is 4.83. The maximum Gasteiger partial charge on any atom is 0.252 e. The van der Waals surface area contributed by atoms with E-state index in [2.05, 4.69) is 148 Å². The maximum absolute atomic E-state index is 6.66. The summed E-state index contributed by atoms with van der Waals surface area (Å²) >= 11 is 0. The Hall–Kier alpha value is -6.28. The van der Waals surface area contributed by atoms with Crippen molar-refractivity contribution in [1.29, 1.82) is 0 Å². The minimum atomic E-state index is -0.114. The van der Waals surface area contributed by atoms with Crippen LogP contribution in [0.3, 0.4) is 0 Å². The first kappa shape index (κ1) is 34.9. The highest BCUT2D eigenvalue weighted by atomic mass is 16.6. The first-order valence-corrected chi connectivity index (χ1v) is 20.3. The van der Waals surface area contributed by atoms with Crippen molar-refractivity contribution in [3.63, 3.8) is 0 Å². The Bertz CT molecular complexity index is 2760. The van der Waals surface area contributed by atoms with Crippen LogP contribution in [0, 0.1) is 0 Å². The van der Waals surface area contributed by atoms with Gasteiger partial charge in [-0.2, -0.15) is 0 Å². The van der Waals surface area contributed by atoms with Gasteiger partial charge in [-0.15, -0.1) is 0 Å². The third kappa shape index (κ3) is 5.48. The zero-order chi connectivity index (χ0) is 39.5. The van der Waals surface area contributed by atoms with E-state index >= 15 is 0 Å². The number of furan rings is 1. The first-order valence-electron chi connectivity index (χ1n) is 20.3. The van der Waals surface area contributed by atoms with Gasteiger partial charge < -0.3 is 33.2 Å². The topological polar surface area (TPSA) is 56.5 Å². The molecule has 0 unspecified atom stereocenters. The molecule has 7 aromatic rings. The molecule has 11 rings (SSSR count). The van der Waals surface area contributed by atoms with Gasteiger partial charge in [0.25, 0.3) is 6.71 Å². The fourth-order valence-corrected chi connectivity index (χ4v) is 9.11. The lowest BCUT2D eigenvalue weighted by Gasteiger charge is -2.45. The summed E-state index contributed by atoms with van der Waals surface area (Å²) in [6, 6.07) is 41.8. The molecule has 288 valence electrons. The average molecular weight is 765 g/mol. The fraction of sp³-hybridized carbons (Fsp3) is 0.240. The number of hydrogen-bond acceptors (Lipinski definition) is 7. The lowest BCUT2D eigenvalue weighted by Crippen LogP contribution is -2.61. The molecule has 0 saturated heterocycles. The molecule has 0 N–H and O–H groups in total. The number of rotatable bonds is 3. The number of nitrogens with zero attached hydrogens (tertiary/aromatic N) is 2. The van der Waals surface area contributed by atoms with Crippen LogP contribution in [0.2, 0.25) is 0 Å². The standard InChI is InChI=1S/C50H45BN2O5/c1-49(2,3)32-11-14-34(15-12-32)52-38-17-13-33(50(4,5)6)26-36(38)51-37-28-46-47(57-22-21-56-46)29-39(37)53(35-16-18-43-45(27-35)55-20-19-54-43)41-24-31(23-40(52)48(41)51)44-25-30-9-7-8-10-42(30)58-44/h7-18,23-29H,19-22H2,1-6H3. The summed E-state index contributed by atoms with van der Waals surface area (Å²) in [6.07, 6.45) is 0. The van der Waals surface area contributed by atoms with Crippen LogP contribution in [0.5, 0.6) is 23.0 Å². The van der Waals surface area contributed by atoms with E-state index < -0.39 is 0 Å². The SMILES string of the molecule is CC(C)(C)c1ccc(N2c3ccc(C(C)(C)C)cc3B3c4cc5c(cc4N(c4ccc6c(c4)OCCO6)c4cc(-c6cc7ccccc7o6)cc2c43)OCCO5)cc1. The third-order valence-electron chi connectivity index (χ3n) is 12.1. The van der Waals surface area contributed by atoms with Gasteiger partial charge in [0, 0.05) is 51.5 Å². The number of hydrogen-bond donors (Lipinski definition) is 0. The fourth-order valence-electron chi connectivity index (χ4n) is 9.11. The number of fused-ring (bicyclic) bond motifs is 7. The third-order valence-corrected chi connectivity index (χ3v) is 12.1. The van der Waals surface area contributed by atoms with Crippen molar-refractivity contribution < 1.29 is 23.4 Å². The monoisotopic (exact) mass is 764 g/mol. The lowest BCUT2D eigenvalue weighted by molar-refractivity contribution is 0.171. The van der Waals surface area contributed by atoms with Crippen LogP contribution in [0.25, 0.3) is 22.3 Å². The number of para-hydroxylation sites is 1. The molecule has 6 aromatic carbocycles. The van der Waals surface area contributed by atoms with Crippen molar-refractivity contribution in [3.8, 4) is 34.3 Å². The van der Waals surface area contributed by atoms with Crippen LogP contribution in [0.15, 0.2) is 120 Å². The van der Waals surface area contributed by atoms with E-state index in [0.717, 1.165) is 84.9 Å². The van der Waals surface area contributed by atoms with Crippen LogP contribution in [0.1, 0.15) is 52.7 Å². The molecule has 0 fully saturated rings. The molecule has 0 spiro atoms. The van der Waals surface area contributed by atoms with E-state index in [9.17, 15) is 0 Å². The molecule has 0 bridgehead atoms. The van der Waals surface area contributed by atoms with Gasteiger partial charge >= 0.3 is 0 Å². The van der Waals surface area contributed by atoms with Crippen molar-refractivity contribution in [3.05, 3.63) is 126 Å². The molecule has 7 nitrogen and oxygen atoms in total. The van der Waals surface area contributed by atoms with Crippen LogP contribution in [-0.2, 0) is 10.8 Å². The maximum atomic E-state index is 6.66. The zero-order valence-electron chi connectivity index (χ0n) is 33.8. The van der Waals surface area contributed by atoms with Crippen LogP contribution in [0.4, 0.5) is 34.1 Å². The minimum Gasteiger partial charge on any atom is -0.486 e. The van der Waals surface area contributed by atoms with Crippen LogP contribution >= 0.6 is 0 Å². The molecule has 4 aliphatic heterocycles. The van der Waals surface area contributed by atoms with Gasteiger partial charge in [-0.1, -0.05) is 84.0 Å². The van der Waals surface area contributed by atoms with E-state index in [1.807, 2.05) is 18.2 Å². The van der Waals surface area contributed by atoms with Gasteiger partial charge in [0.15, 0.2) is 23.0 Å². The predicted octanol–water partition coefficient (Wildman–Crippen LogP) is 10.3. The van der Waals surface area contributed by atoms with E-state index in [1.165, 1.54) is 22.1 Å². The van der Waals surface area contributed by atoms with Crippen molar-refractivity contribution >= 4 is 68.2 Å². The lowest BCUT2D eigenvalue weighted by atomic mass is 9.33. The highest BCUT2D eigenvalue weighted by molar-refractivity contribution is 7.00. The van der Waals surface area contributed by atoms with Gasteiger partial charge in [0.1, 0.15) is 37.8 Å². The molecule has 4 aliphatic rings. The molecule has 5 heterocycles. The largest absolute Gasteiger partial charge is 0.486 e. The zero-order valence-corrected chi connectivity index (χ0v) is 33.8. The molecule has 58 heavy (non-hydrogen) atoms. The van der Waals surface area contributed by atoms with Gasteiger partial charge in [0.05, 0.1) is 5.69 Å². The van der Waals surface area contributed by atoms with E-state index in [4.69, 9.17) is 23.4 Å². The normalized spacial score (nSPS) is 15.2. The minimum absolute atomic E-state index is 0.0180. The summed E-state index contributed by atoms with van der Waals surface area (Å²) < 4.78 is 31.5. The highest BCUT2D eigenvalue weighted by Crippen LogP contribution is 2.50. The molecule has 0 saturated carbocycles. The summed E-state index contributed by atoms with van der Waals surface area (Å²) in [6.45, 7) is 15.6. The summed E-state index contributed by atoms with van der Waals surface area (Å²) in [5.74, 6) is 3.80. The van der Waals surface area contributed by atoms with Gasteiger partial charge in [-0.05, 0) is 99.0 Å². The molecule has 0 aliphatic carbocycles. The van der Waals surface area contributed by atoms with Crippen LogP contribution in [-0.4, -0.2) is 33.1 Å². The summed E-state index contributed by atoms with van der Waals surface area (Å²) in [7, 11) is 0. The van der Waals surface area contributed by atoms with Crippen molar-refractivity contribution in [1.82, 2.24) is 0 Å². The Morgan fingerprint density at radius 1 is 0.483 bits per heavy atom. The Morgan fingerprint density at radius 2 is 1.07 bits per heavy atom. The quantitative estimate of drug-likeness (QED) is 0.166.